The first-order valence-corrected chi connectivity index (χ1v) is 16.7. The minimum atomic E-state index is -4.72. The smallest absolute Gasteiger partial charge is 0.471 e. The van der Waals surface area contributed by atoms with Gasteiger partial charge in [0.25, 0.3) is 5.91 Å². The highest BCUT2D eigenvalue weighted by Crippen LogP contribution is 2.61. The fourth-order valence-corrected chi connectivity index (χ4v) is 6.71. The third-order valence-corrected chi connectivity index (χ3v) is 9.63. The molecule has 3 aromatic heterocycles. The number of benzene rings is 1. The lowest BCUT2D eigenvalue weighted by molar-refractivity contribution is -0.119. The van der Waals surface area contributed by atoms with E-state index in [4.69, 9.17) is 19.0 Å². The molecule has 2 aliphatic carbocycles. The number of carbonyl (C=O) groups excluding carboxylic acids is 2. The topological polar surface area (TPSA) is 191 Å². The van der Waals surface area contributed by atoms with E-state index in [-0.39, 0.29) is 29.4 Å². The molecule has 14 nitrogen and oxygen atoms in total. The second kappa shape index (κ2) is 11.9. The number of pyridine rings is 1. The molecule has 4 heterocycles. The third kappa shape index (κ3) is 6.12. The van der Waals surface area contributed by atoms with Crippen molar-refractivity contribution in [2.75, 3.05) is 11.9 Å². The molecule has 4 aromatic rings. The molecular formula is C31H31F2N6O8P. The highest BCUT2D eigenvalue weighted by molar-refractivity contribution is 7.46. The second-order valence-electron chi connectivity index (χ2n) is 12.5. The molecule has 17 heteroatoms. The summed E-state index contributed by atoms with van der Waals surface area (Å²) in [6.07, 6.45) is 5.69. The van der Waals surface area contributed by atoms with Crippen LogP contribution in [0.15, 0.2) is 41.2 Å². The number of fused-ring (bicyclic) bond motifs is 1. The summed E-state index contributed by atoms with van der Waals surface area (Å²) in [5.41, 5.74) is 2.87. The molecule has 1 aliphatic heterocycles. The van der Waals surface area contributed by atoms with Crippen molar-refractivity contribution >= 4 is 25.3 Å². The van der Waals surface area contributed by atoms with Gasteiger partial charge in [-0.15, -0.1) is 0 Å². The molecule has 4 N–H and O–H groups in total. The molecule has 2 fully saturated rings. The van der Waals surface area contributed by atoms with Crippen LogP contribution in [0.2, 0.25) is 0 Å². The number of amides is 2. The van der Waals surface area contributed by atoms with Gasteiger partial charge in [-0.25, -0.2) is 18.0 Å². The number of aryl methyl sites for hydroxylation is 1. The van der Waals surface area contributed by atoms with Crippen LogP contribution in [-0.4, -0.2) is 54.2 Å². The number of nitrogens with one attached hydrogen (secondary N) is 2. The number of anilines is 1. The van der Waals surface area contributed by atoms with E-state index in [1.807, 2.05) is 0 Å². The molecule has 2 amide bonds. The van der Waals surface area contributed by atoms with E-state index in [0.717, 1.165) is 25.0 Å². The van der Waals surface area contributed by atoms with Gasteiger partial charge in [0.15, 0.2) is 18.4 Å². The van der Waals surface area contributed by atoms with E-state index in [1.54, 1.807) is 26.0 Å². The van der Waals surface area contributed by atoms with Gasteiger partial charge in [0.2, 0.25) is 5.91 Å². The lowest BCUT2D eigenvalue weighted by Gasteiger charge is -2.38. The number of aromatic nitrogens is 4. The minimum absolute atomic E-state index is 0.0926. The Hall–Kier alpha value is -4.50. The van der Waals surface area contributed by atoms with Gasteiger partial charge in [-0.2, -0.15) is 5.10 Å². The third-order valence-electron chi connectivity index (χ3n) is 9.18. The summed E-state index contributed by atoms with van der Waals surface area (Å²) in [5, 5.41) is 14.0. The molecule has 252 valence electrons. The summed E-state index contributed by atoms with van der Waals surface area (Å²) in [5.74, 6) is -3.91. The molecule has 48 heavy (non-hydrogen) atoms. The largest absolute Gasteiger partial charge is 0.493 e. The Balaban J connectivity index is 1.18. The van der Waals surface area contributed by atoms with Gasteiger partial charge in [0.1, 0.15) is 23.6 Å². The number of hydrogen-bond acceptors (Lipinski definition) is 9. The maximum atomic E-state index is 14.6. The molecule has 0 radical (unpaired) electrons. The van der Waals surface area contributed by atoms with Gasteiger partial charge in [-0.05, 0) is 57.7 Å². The van der Waals surface area contributed by atoms with Crippen LogP contribution in [0.1, 0.15) is 70.5 Å². The van der Waals surface area contributed by atoms with Crippen LogP contribution >= 0.6 is 7.82 Å². The summed E-state index contributed by atoms with van der Waals surface area (Å²) in [7, 11) is -4.72. The van der Waals surface area contributed by atoms with Crippen molar-refractivity contribution in [3.05, 3.63) is 76.6 Å². The van der Waals surface area contributed by atoms with Gasteiger partial charge >= 0.3 is 7.82 Å². The van der Waals surface area contributed by atoms with Crippen LogP contribution in [0.5, 0.6) is 5.75 Å². The molecule has 2 saturated carbocycles. The summed E-state index contributed by atoms with van der Waals surface area (Å²) in [4.78, 5) is 50.4. The van der Waals surface area contributed by atoms with Crippen LogP contribution in [-0.2, 0) is 20.6 Å². The Morgan fingerprint density at radius 1 is 1.19 bits per heavy atom. The average Bonchev–Trinajstić information content (AvgIpc) is 3.96. The van der Waals surface area contributed by atoms with Crippen LogP contribution in [0, 0.1) is 30.9 Å². The van der Waals surface area contributed by atoms with Crippen molar-refractivity contribution < 1.29 is 46.5 Å². The van der Waals surface area contributed by atoms with Crippen LogP contribution in [0.4, 0.5) is 14.5 Å². The fraction of sp³-hybridized carbons (Fsp3) is 0.387. The Morgan fingerprint density at radius 2 is 1.94 bits per heavy atom. The van der Waals surface area contributed by atoms with Crippen LogP contribution in [0.25, 0.3) is 11.3 Å². The van der Waals surface area contributed by atoms with Gasteiger partial charge in [0.05, 0.1) is 35.6 Å². The minimum Gasteiger partial charge on any atom is -0.493 e. The number of ether oxygens (including phenoxy) is 1. The fourth-order valence-electron chi connectivity index (χ4n) is 6.45. The van der Waals surface area contributed by atoms with Crippen molar-refractivity contribution in [1.82, 2.24) is 25.2 Å². The van der Waals surface area contributed by atoms with E-state index < -0.39 is 55.4 Å². The van der Waals surface area contributed by atoms with Gasteiger partial charge in [0, 0.05) is 40.1 Å². The van der Waals surface area contributed by atoms with Crippen molar-refractivity contribution in [3.63, 3.8) is 0 Å². The van der Waals surface area contributed by atoms with Crippen molar-refractivity contribution in [2.45, 2.75) is 64.1 Å². The molecule has 7 rings (SSSR count). The van der Waals surface area contributed by atoms with E-state index in [2.05, 4.69) is 30.4 Å². The standard InChI is InChI=1S/C31H31F2N6O8P/c1-15-25(16(2)39(37-15)14-47-48(42,43)44)23-6-5-18(11-34-23)35-30(41)28(36-29(40)20-12-46-38-27(20)17-3-4-17)26-19-9-21(32)22(33)10-24(19)45-13-31(26)7-8-31/h5-6,9-12,17,26,28H,3-4,7-8,13-14H2,1-2H3,(H,35,41)(H,36,40)(H2,42,43,44)/t26?,28-/m0/s1. The Labute approximate surface area is 272 Å². The first-order valence-electron chi connectivity index (χ1n) is 15.2. The second-order valence-corrected chi connectivity index (χ2v) is 13.7. The molecule has 1 unspecified atom stereocenters. The predicted octanol–water partition coefficient (Wildman–Crippen LogP) is 4.47. The summed E-state index contributed by atoms with van der Waals surface area (Å²) in [6.45, 7) is 3.10. The number of nitrogens with zero attached hydrogens (tertiary/aromatic N) is 4. The first-order chi connectivity index (χ1) is 22.8. The maximum absolute atomic E-state index is 14.6. The Bertz CT molecular complexity index is 1970. The quantitative estimate of drug-likeness (QED) is 0.173. The number of phosphoric acid groups is 1. The molecule has 3 aliphatic rings. The lowest BCUT2D eigenvalue weighted by atomic mass is 9.75. The molecule has 0 saturated heterocycles. The molecule has 2 atom stereocenters. The van der Waals surface area contributed by atoms with E-state index in [1.165, 1.54) is 17.1 Å². The zero-order valence-corrected chi connectivity index (χ0v) is 26.7. The van der Waals surface area contributed by atoms with Gasteiger partial charge in [-0.1, -0.05) is 5.16 Å². The van der Waals surface area contributed by atoms with Crippen molar-refractivity contribution in [3.8, 4) is 17.0 Å². The van der Waals surface area contributed by atoms with E-state index >= 15 is 0 Å². The zero-order chi connectivity index (χ0) is 34.0. The average molecular weight is 685 g/mol. The summed E-state index contributed by atoms with van der Waals surface area (Å²) >= 11 is 0. The number of carbonyl (C=O) groups is 2. The highest BCUT2D eigenvalue weighted by Gasteiger charge is 2.58. The Kier molecular flexibility index (Phi) is 7.94. The molecule has 0 bridgehead atoms. The SMILES string of the molecule is Cc1nn(COP(=O)(O)O)c(C)c1-c1ccc(NC(=O)[C@@H](NC(=O)c2conc2C2CC2)C2c3cc(F)c(F)cc3OCC23CC3)cn1. The highest BCUT2D eigenvalue weighted by atomic mass is 31.2. The molecule has 1 spiro atoms. The van der Waals surface area contributed by atoms with Crippen LogP contribution in [0.3, 0.4) is 0 Å². The van der Waals surface area contributed by atoms with Crippen molar-refractivity contribution in [2.24, 2.45) is 5.41 Å². The van der Waals surface area contributed by atoms with Gasteiger partial charge in [-0.3, -0.25) is 19.1 Å². The number of rotatable bonds is 10. The predicted molar refractivity (Wildman–Crippen MR) is 163 cm³/mol. The van der Waals surface area contributed by atoms with E-state index in [9.17, 15) is 22.9 Å². The number of halogens is 2. The van der Waals surface area contributed by atoms with E-state index in [0.29, 0.717) is 46.9 Å². The summed E-state index contributed by atoms with van der Waals surface area (Å²) in [6, 6.07) is 4.00. The summed E-state index contributed by atoms with van der Waals surface area (Å²) < 4.78 is 56.8. The normalized spacial score (nSPS) is 18.6. The van der Waals surface area contributed by atoms with Crippen molar-refractivity contribution in [1.29, 1.82) is 0 Å². The first kappa shape index (κ1) is 32.1. The number of hydrogen-bond donors (Lipinski definition) is 4. The molecule has 1 aromatic carbocycles. The monoisotopic (exact) mass is 684 g/mol. The number of phosphoric ester groups is 1. The Morgan fingerprint density at radius 3 is 2.60 bits per heavy atom. The zero-order valence-electron chi connectivity index (χ0n) is 25.8. The maximum Gasteiger partial charge on any atom is 0.471 e. The van der Waals surface area contributed by atoms with Crippen LogP contribution < -0.4 is 15.4 Å². The van der Waals surface area contributed by atoms with Gasteiger partial charge < -0.3 is 29.7 Å². The molecular weight excluding hydrogens is 653 g/mol. The lowest BCUT2D eigenvalue weighted by Crippen LogP contribution is -2.52.